The highest BCUT2D eigenvalue weighted by Crippen LogP contribution is 2.42. The molecule has 0 saturated carbocycles. The van der Waals surface area contributed by atoms with Crippen LogP contribution in [0.15, 0.2) is 113 Å². The topological polar surface area (TPSA) is 205 Å². The average molecular weight is 818 g/mol. The maximum atomic E-state index is 14.4. The van der Waals surface area contributed by atoms with E-state index in [9.17, 15) is 36.3 Å². The van der Waals surface area contributed by atoms with Gasteiger partial charge >= 0.3 is 5.97 Å². The Kier molecular flexibility index (Phi) is 12.8. The minimum Gasteiger partial charge on any atom is -0.497 e. The van der Waals surface area contributed by atoms with E-state index < -0.39 is 44.4 Å². The summed E-state index contributed by atoms with van der Waals surface area (Å²) in [5.74, 6) is -1.52. The number of methoxy groups -OCH3 is 2. The molecular formula is C40H39N3O12S2. The number of rotatable bonds is 15. The second kappa shape index (κ2) is 17.6. The molecule has 1 heterocycles. The predicted molar refractivity (Wildman–Crippen MR) is 211 cm³/mol. The fraction of sp³-hybridized carbons (Fsp3) is 0.200. The Morgan fingerprint density at radius 3 is 1.65 bits per heavy atom. The minimum absolute atomic E-state index is 0.0138. The van der Waals surface area contributed by atoms with Crippen LogP contribution in [0.2, 0.25) is 0 Å². The molecule has 5 aromatic rings. The summed E-state index contributed by atoms with van der Waals surface area (Å²) in [7, 11) is -5.88. The van der Waals surface area contributed by atoms with E-state index in [1.165, 1.54) is 67.1 Å². The molecule has 1 aliphatic heterocycles. The lowest BCUT2D eigenvalue weighted by Gasteiger charge is -2.30. The molecule has 298 valence electrons. The Hall–Kier alpha value is -6.46. The van der Waals surface area contributed by atoms with Gasteiger partial charge in [-0.05, 0) is 92.1 Å². The van der Waals surface area contributed by atoms with Crippen LogP contribution in [0.25, 0.3) is 10.8 Å². The van der Waals surface area contributed by atoms with E-state index in [0.29, 0.717) is 16.9 Å². The molecule has 0 aromatic heterocycles. The number of ether oxygens (including phenoxy) is 2. The molecule has 0 fully saturated rings. The van der Waals surface area contributed by atoms with Crippen LogP contribution in [0.4, 0.5) is 11.4 Å². The lowest BCUT2D eigenvalue weighted by molar-refractivity contribution is -0.135. The summed E-state index contributed by atoms with van der Waals surface area (Å²) in [5, 5.41) is 17.6. The maximum Gasteiger partial charge on any atom is 0.324 e. The lowest BCUT2D eigenvalue weighted by Crippen LogP contribution is -2.37. The van der Waals surface area contributed by atoms with Gasteiger partial charge in [-0.15, -0.1) is 0 Å². The van der Waals surface area contributed by atoms with Crippen LogP contribution in [0.3, 0.4) is 0 Å². The maximum absolute atomic E-state index is 14.4. The number of benzene rings is 5. The van der Waals surface area contributed by atoms with Gasteiger partial charge in [0, 0.05) is 23.9 Å². The number of carbonyl (C=O) groups is 4. The van der Waals surface area contributed by atoms with E-state index in [-0.39, 0.29) is 75.6 Å². The standard InChI is InChI=1S/C39H37N3O10S2.CH2O2/c1-4-41(53(47,48)29-19-15-27(51-2)16-20-29)35-24-26(10-9-23-40-38(45)33-13-7-8-14-34(33)39(40)46)37(32-12-6-5-11-31(32)35)42(25-36(43)44)54(49,50)30-21-17-28(52-3)18-22-30;2-1-3/h5-8,11-22,24H,4,9-10,23,25H2,1-3H3,(H,43,44);1H,(H,2,3). The van der Waals surface area contributed by atoms with Crippen LogP contribution in [0, 0.1) is 0 Å². The summed E-state index contributed by atoms with van der Waals surface area (Å²) in [6, 6.07) is 26.0. The normalized spacial score (nSPS) is 12.4. The monoisotopic (exact) mass is 817 g/mol. The Labute approximate surface area is 329 Å². The van der Waals surface area contributed by atoms with Crippen LogP contribution in [-0.4, -0.2) is 90.1 Å². The van der Waals surface area contributed by atoms with Gasteiger partial charge in [-0.2, -0.15) is 0 Å². The van der Waals surface area contributed by atoms with Gasteiger partial charge in [-0.3, -0.25) is 32.7 Å². The molecule has 17 heteroatoms. The van der Waals surface area contributed by atoms with E-state index >= 15 is 0 Å². The quantitative estimate of drug-likeness (QED) is 0.102. The van der Waals surface area contributed by atoms with Crippen molar-refractivity contribution in [1.82, 2.24) is 4.90 Å². The number of nitrogens with zero attached hydrogens (tertiary/aromatic N) is 3. The molecule has 0 bridgehead atoms. The fourth-order valence-electron chi connectivity index (χ4n) is 6.59. The molecule has 0 unspecified atom stereocenters. The van der Waals surface area contributed by atoms with Crippen LogP contribution in [0.5, 0.6) is 11.5 Å². The number of hydrogen-bond donors (Lipinski definition) is 2. The highest BCUT2D eigenvalue weighted by Gasteiger charge is 2.36. The number of sulfonamides is 2. The first-order valence-corrected chi connectivity index (χ1v) is 20.3. The van der Waals surface area contributed by atoms with Crippen molar-refractivity contribution >= 4 is 66.4 Å². The molecule has 0 saturated heterocycles. The highest BCUT2D eigenvalue weighted by molar-refractivity contribution is 7.93. The summed E-state index contributed by atoms with van der Waals surface area (Å²) in [6.45, 7) is 0.385. The molecule has 15 nitrogen and oxygen atoms in total. The fourth-order valence-corrected chi connectivity index (χ4v) is 9.54. The second-order valence-electron chi connectivity index (χ2n) is 12.4. The van der Waals surface area contributed by atoms with Crippen molar-refractivity contribution in [3.05, 3.63) is 120 Å². The molecule has 5 aromatic carbocycles. The van der Waals surface area contributed by atoms with Gasteiger partial charge in [0.25, 0.3) is 38.3 Å². The molecule has 1 aliphatic rings. The smallest absolute Gasteiger partial charge is 0.324 e. The largest absolute Gasteiger partial charge is 0.497 e. The first-order valence-electron chi connectivity index (χ1n) is 17.4. The third-order valence-electron chi connectivity index (χ3n) is 9.16. The number of carboxylic acids is 1. The molecule has 0 aliphatic carbocycles. The van der Waals surface area contributed by atoms with E-state index in [1.807, 2.05) is 0 Å². The summed E-state index contributed by atoms with van der Waals surface area (Å²) >= 11 is 0. The van der Waals surface area contributed by atoms with Gasteiger partial charge in [0.1, 0.15) is 18.0 Å². The Bertz CT molecular complexity index is 2490. The van der Waals surface area contributed by atoms with Crippen molar-refractivity contribution in [3.63, 3.8) is 0 Å². The van der Waals surface area contributed by atoms with Crippen molar-refractivity contribution in [1.29, 1.82) is 0 Å². The number of aliphatic carboxylic acids is 1. The number of aryl methyl sites for hydroxylation is 1. The van der Waals surface area contributed by atoms with Gasteiger partial charge in [-0.1, -0.05) is 36.4 Å². The summed E-state index contributed by atoms with van der Waals surface area (Å²) in [5.41, 5.74) is 1.07. The number of carbonyl (C=O) groups excluding carboxylic acids is 2. The van der Waals surface area contributed by atoms with Crippen molar-refractivity contribution in [2.24, 2.45) is 0 Å². The molecule has 2 N–H and O–H groups in total. The van der Waals surface area contributed by atoms with Crippen molar-refractivity contribution in [3.8, 4) is 11.5 Å². The molecule has 0 radical (unpaired) electrons. The zero-order valence-electron chi connectivity index (χ0n) is 31.1. The molecule has 0 atom stereocenters. The third kappa shape index (κ3) is 8.39. The van der Waals surface area contributed by atoms with E-state index in [4.69, 9.17) is 19.4 Å². The van der Waals surface area contributed by atoms with Crippen molar-refractivity contribution in [2.75, 3.05) is 42.5 Å². The summed E-state index contributed by atoms with van der Waals surface area (Å²) in [4.78, 5) is 48.1. The lowest BCUT2D eigenvalue weighted by atomic mass is 9.98. The van der Waals surface area contributed by atoms with Gasteiger partial charge in [0.15, 0.2) is 0 Å². The number of hydrogen-bond acceptors (Lipinski definition) is 10. The first-order chi connectivity index (χ1) is 27.2. The number of anilines is 2. The van der Waals surface area contributed by atoms with Crippen LogP contribution >= 0.6 is 0 Å². The molecular weight excluding hydrogens is 779 g/mol. The van der Waals surface area contributed by atoms with Gasteiger partial charge in [0.05, 0.1) is 46.5 Å². The van der Waals surface area contributed by atoms with Gasteiger partial charge in [-0.25, -0.2) is 16.8 Å². The first kappa shape index (κ1) is 41.7. The zero-order valence-corrected chi connectivity index (χ0v) is 32.7. The Morgan fingerprint density at radius 2 is 1.19 bits per heavy atom. The average Bonchev–Trinajstić information content (AvgIpc) is 3.45. The molecule has 6 rings (SSSR count). The minimum atomic E-state index is -4.56. The van der Waals surface area contributed by atoms with Crippen LogP contribution in [-0.2, 0) is 36.1 Å². The Balaban J connectivity index is 0.00000200. The predicted octanol–water partition coefficient (Wildman–Crippen LogP) is 5.28. The van der Waals surface area contributed by atoms with Crippen LogP contribution in [0.1, 0.15) is 39.6 Å². The molecule has 57 heavy (non-hydrogen) atoms. The Morgan fingerprint density at radius 1 is 0.737 bits per heavy atom. The van der Waals surface area contributed by atoms with Crippen LogP contribution < -0.4 is 18.1 Å². The summed E-state index contributed by atoms with van der Waals surface area (Å²) in [6.07, 6.45) is 0.159. The SMILES string of the molecule is CCN(c1cc(CCCN2C(=O)c3ccccc3C2=O)c(N(CC(=O)O)S(=O)(=O)c2ccc(OC)cc2)c2ccccc12)S(=O)(=O)c1ccc(OC)cc1.O=CO. The third-order valence-corrected chi connectivity index (χ3v) is 12.8. The number of amides is 2. The van der Waals surface area contributed by atoms with Crippen molar-refractivity contribution < 1.29 is 55.7 Å². The van der Waals surface area contributed by atoms with E-state index in [0.717, 1.165) is 9.21 Å². The molecule has 0 spiro atoms. The van der Waals surface area contributed by atoms with Gasteiger partial charge < -0.3 is 19.7 Å². The number of imide groups is 1. The van der Waals surface area contributed by atoms with E-state index in [2.05, 4.69) is 0 Å². The number of carboxylic acid groups (broad SMARTS) is 2. The highest BCUT2D eigenvalue weighted by atomic mass is 32.2. The molecule has 2 amide bonds. The van der Waals surface area contributed by atoms with Gasteiger partial charge in [0.2, 0.25) is 0 Å². The second-order valence-corrected chi connectivity index (χ2v) is 16.1. The summed E-state index contributed by atoms with van der Waals surface area (Å²) < 4.78 is 69.8. The van der Waals surface area contributed by atoms with Crippen molar-refractivity contribution in [2.45, 2.75) is 29.6 Å². The number of fused-ring (bicyclic) bond motifs is 2. The van der Waals surface area contributed by atoms with E-state index in [1.54, 1.807) is 61.5 Å². The zero-order chi connectivity index (χ0) is 41.5.